The predicted octanol–water partition coefficient (Wildman–Crippen LogP) is 4.94. The lowest BCUT2D eigenvalue weighted by atomic mass is 10.1. The van der Waals surface area contributed by atoms with E-state index in [9.17, 15) is 9.18 Å². The topological polar surface area (TPSA) is 38.1 Å². The average molecular weight is 416 g/mol. The minimum absolute atomic E-state index is 0.0819. The second-order valence-electron chi connectivity index (χ2n) is 6.49. The van der Waals surface area contributed by atoms with Crippen molar-refractivity contribution in [2.45, 2.75) is 32.4 Å². The Bertz CT molecular complexity index is 984. The van der Waals surface area contributed by atoms with Crippen LogP contribution in [0.2, 0.25) is 0 Å². The second-order valence-corrected chi connectivity index (χ2v) is 7.34. The number of imidazole rings is 1. The first-order chi connectivity index (χ1) is 12.6. The summed E-state index contributed by atoms with van der Waals surface area (Å²) in [5.74, 6) is 0.345. The fraction of sp³-hybridized carbons (Fsp3) is 0.300. The molecule has 2 heterocycles. The Balaban J connectivity index is 1.73. The van der Waals surface area contributed by atoms with Crippen LogP contribution in [0, 0.1) is 5.82 Å². The Labute approximate surface area is 159 Å². The molecule has 0 bridgehead atoms. The molecule has 1 unspecified atom stereocenters. The summed E-state index contributed by atoms with van der Waals surface area (Å²) in [6, 6.07) is 12.5. The summed E-state index contributed by atoms with van der Waals surface area (Å²) in [6.45, 7) is 3.54. The van der Waals surface area contributed by atoms with Crippen molar-refractivity contribution in [1.29, 1.82) is 0 Å². The maximum atomic E-state index is 13.9. The number of likely N-dealkylation sites (tertiary alicyclic amines) is 1. The molecule has 0 radical (unpaired) electrons. The number of aromatic nitrogens is 2. The maximum absolute atomic E-state index is 13.9. The van der Waals surface area contributed by atoms with Crippen LogP contribution in [0.1, 0.15) is 42.0 Å². The van der Waals surface area contributed by atoms with Gasteiger partial charge in [-0.15, -0.1) is 0 Å². The number of carbonyl (C=O) groups is 1. The van der Waals surface area contributed by atoms with E-state index in [4.69, 9.17) is 4.98 Å². The molecule has 6 heteroatoms. The standard InChI is InChI=1S/C20H19BrFN3O/c1-2-24-17-7-4-3-6-16(17)23-19(24)18-8-5-11-25(18)20(26)13-9-10-14(21)15(22)12-13/h3-4,6-7,9-10,12,18H,2,5,8,11H2,1H3. The number of amides is 1. The smallest absolute Gasteiger partial charge is 0.254 e. The van der Waals surface area contributed by atoms with Crippen LogP contribution in [0.15, 0.2) is 46.9 Å². The van der Waals surface area contributed by atoms with Gasteiger partial charge in [-0.2, -0.15) is 0 Å². The third kappa shape index (κ3) is 2.82. The first-order valence-electron chi connectivity index (χ1n) is 8.81. The summed E-state index contributed by atoms with van der Waals surface area (Å²) in [5.41, 5.74) is 2.40. The van der Waals surface area contributed by atoms with Gasteiger partial charge >= 0.3 is 0 Å². The van der Waals surface area contributed by atoms with Crippen molar-refractivity contribution < 1.29 is 9.18 Å². The van der Waals surface area contributed by atoms with Crippen LogP contribution in [0.5, 0.6) is 0 Å². The first kappa shape index (κ1) is 17.2. The van der Waals surface area contributed by atoms with E-state index in [0.29, 0.717) is 16.6 Å². The van der Waals surface area contributed by atoms with Crippen LogP contribution >= 0.6 is 15.9 Å². The molecular weight excluding hydrogens is 397 g/mol. The number of fused-ring (bicyclic) bond motifs is 1. The van der Waals surface area contributed by atoms with Gasteiger partial charge in [0.15, 0.2) is 0 Å². The zero-order chi connectivity index (χ0) is 18.3. The van der Waals surface area contributed by atoms with Gasteiger partial charge in [0.25, 0.3) is 5.91 Å². The molecule has 1 saturated heterocycles. The van der Waals surface area contributed by atoms with Crippen molar-refractivity contribution in [3.8, 4) is 0 Å². The predicted molar refractivity (Wildman–Crippen MR) is 103 cm³/mol. The summed E-state index contributed by atoms with van der Waals surface area (Å²) < 4.78 is 16.4. The summed E-state index contributed by atoms with van der Waals surface area (Å²) in [4.78, 5) is 19.7. The van der Waals surface area contributed by atoms with E-state index in [1.807, 2.05) is 23.1 Å². The van der Waals surface area contributed by atoms with Crippen molar-refractivity contribution in [3.05, 3.63) is 64.1 Å². The lowest BCUT2D eigenvalue weighted by molar-refractivity contribution is 0.0727. The van der Waals surface area contributed by atoms with Gasteiger partial charge in [0, 0.05) is 18.7 Å². The van der Waals surface area contributed by atoms with Crippen molar-refractivity contribution in [2.24, 2.45) is 0 Å². The fourth-order valence-electron chi connectivity index (χ4n) is 3.75. The monoisotopic (exact) mass is 415 g/mol. The second kappa shape index (κ2) is 6.83. The number of benzene rings is 2. The lowest BCUT2D eigenvalue weighted by Crippen LogP contribution is -2.32. The molecule has 1 aromatic heterocycles. The van der Waals surface area contributed by atoms with Gasteiger partial charge in [-0.25, -0.2) is 9.37 Å². The molecule has 1 aliphatic rings. The summed E-state index contributed by atoms with van der Waals surface area (Å²) >= 11 is 3.14. The van der Waals surface area contributed by atoms with Gasteiger partial charge in [-0.1, -0.05) is 12.1 Å². The Morgan fingerprint density at radius 2 is 2.12 bits per heavy atom. The summed E-state index contributed by atoms with van der Waals surface area (Å²) in [7, 11) is 0. The zero-order valence-electron chi connectivity index (χ0n) is 14.5. The number of rotatable bonds is 3. The number of para-hydroxylation sites is 2. The van der Waals surface area contributed by atoms with Crippen LogP contribution in [-0.4, -0.2) is 26.9 Å². The SMILES string of the molecule is CCn1c(C2CCCN2C(=O)c2ccc(Br)c(F)c2)nc2ccccc21. The molecular formula is C20H19BrFN3O. The molecule has 26 heavy (non-hydrogen) atoms. The molecule has 0 saturated carbocycles. The Morgan fingerprint density at radius 3 is 2.88 bits per heavy atom. The number of nitrogens with zero attached hydrogens (tertiary/aromatic N) is 3. The Hall–Kier alpha value is -2.21. The Kier molecular flexibility index (Phi) is 4.53. The van der Waals surface area contributed by atoms with E-state index >= 15 is 0 Å². The van der Waals surface area contributed by atoms with Crippen LogP contribution in [-0.2, 0) is 6.54 Å². The van der Waals surface area contributed by atoms with E-state index in [1.165, 1.54) is 6.07 Å². The molecule has 0 aliphatic carbocycles. The van der Waals surface area contributed by atoms with Gasteiger partial charge in [0.1, 0.15) is 11.6 Å². The van der Waals surface area contributed by atoms with E-state index in [0.717, 1.165) is 36.2 Å². The molecule has 134 valence electrons. The number of carbonyl (C=O) groups excluding carboxylic acids is 1. The van der Waals surface area contributed by atoms with Crippen LogP contribution in [0.3, 0.4) is 0 Å². The number of halogens is 2. The van der Waals surface area contributed by atoms with Gasteiger partial charge in [-0.05, 0) is 66.0 Å². The molecule has 1 aliphatic heterocycles. The van der Waals surface area contributed by atoms with Gasteiger partial charge < -0.3 is 9.47 Å². The molecule has 4 rings (SSSR count). The molecule has 1 atom stereocenters. The minimum Gasteiger partial charge on any atom is -0.328 e. The number of aryl methyl sites for hydroxylation is 1. The van der Waals surface area contributed by atoms with E-state index in [-0.39, 0.29) is 11.9 Å². The molecule has 0 N–H and O–H groups in total. The molecule has 3 aromatic rings. The quantitative estimate of drug-likeness (QED) is 0.607. The third-order valence-electron chi connectivity index (χ3n) is 4.98. The van der Waals surface area contributed by atoms with Crippen molar-refractivity contribution in [2.75, 3.05) is 6.54 Å². The zero-order valence-corrected chi connectivity index (χ0v) is 16.0. The third-order valence-corrected chi connectivity index (χ3v) is 5.62. The van der Waals surface area contributed by atoms with E-state index < -0.39 is 5.82 Å². The largest absolute Gasteiger partial charge is 0.328 e. The fourth-order valence-corrected chi connectivity index (χ4v) is 4.00. The highest BCUT2D eigenvalue weighted by atomic mass is 79.9. The Morgan fingerprint density at radius 1 is 1.31 bits per heavy atom. The molecule has 1 fully saturated rings. The average Bonchev–Trinajstić information content (AvgIpc) is 3.27. The number of hydrogen-bond donors (Lipinski definition) is 0. The van der Waals surface area contributed by atoms with Crippen LogP contribution in [0.4, 0.5) is 4.39 Å². The van der Waals surface area contributed by atoms with Crippen LogP contribution in [0.25, 0.3) is 11.0 Å². The van der Waals surface area contributed by atoms with E-state index in [2.05, 4.69) is 33.5 Å². The molecule has 4 nitrogen and oxygen atoms in total. The van der Waals surface area contributed by atoms with Crippen LogP contribution < -0.4 is 0 Å². The lowest BCUT2D eigenvalue weighted by Gasteiger charge is -2.25. The maximum Gasteiger partial charge on any atom is 0.254 e. The molecule has 1 amide bonds. The van der Waals surface area contributed by atoms with Gasteiger partial charge in [0.2, 0.25) is 0 Å². The first-order valence-corrected chi connectivity index (χ1v) is 9.60. The number of hydrogen-bond acceptors (Lipinski definition) is 2. The minimum atomic E-state index is -0.424. The summed E-state index contributed by atoms with van der Waals surface area (Å²) in [5, 5.41) is 0. The van der Waals surface area contributed by atoms with Gasteiger partial charge in [-0.3, -0.25) is 4.79 Å². The van der Waals surface area contributed by atoms with E-state index in [1.54, 1.807) is 12.1 Å². The highest BCUT2D eigenvalue weighted by Gasteiger charge is 2.34. The van der Waals surface area contributed by atoms with Crippen molar-refractivity contribution in [3.63, 3.8) is 0 Å². The summed E-state index contributed by atoms with van der Waals surface area (Å²) in [6.07, 6.45) is 1.79. The highest BCUT2D eigenvalue weighted by molar-refractivity contribution is 9.10. The van der Waals surface area contributed by atoms with Gasteiger partial charge in [0.05, 0.1) is 21.5 Å². The van der Waals surface area contributed by atoms with Crippen molar-refractivity contribution >= 4 is 32.9 Å². The highest BCUT2D eigenvalue weighted by Crippen LogP contribution is 2.34. The molecule has 0 spiro atoms. The molecule has 2 aromatic carbocycles. The van der Waals surface area contributed by atoms with Crippen molar-refractivity contribution in [1.82, 2.24) is 14.5 Å². The normalized spacial score (nSPS) is 17.2.